The number of nitrogens with one attached hydrogen (secondary N) is 3. The van der Waals surface area contributed by atoms with Crippen LogP contribution in [-0.4, -0.2) is 54.9 Å². The van der Waals surface area contributed by atoms with Gasteiger partial charge in [0.05, 0.1) is 5.56 Å². The van der Waals surface area contributed by atoms with Crippen molar-refractivity contribution in [3.05, 3.63) is 30.2 Å². The number of hydrogen-bond acceptors (Lipinski definition) is 5. The van der Waals surface area contributed by atoms with Crippen LogP contribution in [0.2, 0.25) is 0 Å². The third-order valence-electron chi connectivity index (χ3n) is 7.09. The van der Waals surface area contributed by atoms with Gasteiger partial charge < -0.3 is 19.7 Å². The number of rotatable bonds is 11. The zero-order valence-electron chi connectivity index (χ0n) is 21.0. The van der Waals surface area contributed by atoms with Gasteiger partial charge in [-0.1, -0.05) is 25.8 Å². The molecule has 0 radical (unpaired) electrons. The van der Waals surface area contributed by atoms with E-state index in [9.17, 15) is 9.59 Å². The molecule has 1 atom stereocenters. The van der Waals surface area contributed by atoms with E-state index in [2.05, 4.69) is 27.2 Å². The Hall–Kier alpha value is -2.87. The molecule has 2 aromatic rings. The molecule has 1 aromatic carbocycles. The lowest BCUT2D eigenvalue weighted by Gasteiger charge is -2.28. The Morgan fingerprint density at radius 1 is 1.17 bits per heavy atom. The number of para-hydroxylation sites is 1. The Morgan fingerprint density at radius 2 is 1.97 bits per heavy atom. The van der Waals surface area contributed by atoms with Crippen LogP contribution in [0.5, 0.6) is 11.5 Å². The summed E-state index contributed by atoms with van der Waals surface area (Å²) in [6, 6.07) is 5.74. The smallest absolute Gasteiger partial charge is 0.275 e. The van der Waals surface area contributed by atoms with Crippen LogP contribution in [0.1, 0.15) is 70.2 Å². The molecule has 4 rings (SSSR count). The summed E-state index contributed by atoms with van der Waals surface area (Å²) in [5, 5.41) is 3.31. The molecule has 2 aliphatic heterocycles. The number of Topliss-reactive ketones (excluding diaryl/α,β-unsaturated/α-hetero) is 1. The summed E-state index contributed by atoms with van der Waals surface area (Å²) in [5.74, 6) is 2.86. The number of H-pyrrole nitrogens is 2. The van der Waals surface area contributed by atoms with Crippen molar-refractivity contribution in [3.8, 4) is 22.8 Å². The van der Waals surface area contributed by atoms with E-state index >= 15 is 0 Å². The first-order valence-electron chi connectivity index (χ1n) is 13.0. The number of benzene rings is 1. The van der Waals surface area contributed by atoms with E-state index in [0.717, 1.165) is 80.2 Å². The van der Waals surface area contributed by atoms with Gasteiger partial charge in [-0.05, 0) is 58.0 Å². The third-order valence-corrected chi connectivity index (χ3v) is 7.09. The molecule has 1 aromatic heterocycles. The Kier molecular flexibility index (Phi) is 8.79. The number of carbonyl (C=O) groups excluding carboxylic acids is 2. The maximum atomic E-state index is 13.1. The number of unbranched alkanes of at least 4 members (excludes halogenated alkanes) is 2. The SMILES string of the molecule is CCC(=O)CCCCC[C@H](NC(=O)C1CCN(C)CC1)c1[nH]c(-c2cccc3c2OCCO3)c[nH+]1. The van der Waals surface area contributed by atoms with E-state index < -0.39 is 0 Å². The molecule has 0 unspecified atom stereocenters. The number of nitrogens with zero attached hydrogens (tertiary/aromatic N) is 1. The summed E-state index contributed by atoms with van der Waals surface area (Å²) < 4.78 is 11.6. The van der Waals surface area contributed by atoms with E-state index in [1.54, 1.807) is 0 Å². The zero-order chi connectivity index (χ0) is 24.6. The van der Waals surface area contributed by atoms with Crippen LogP contribution < -0.4 is 19.8 Å². The molecular weight excluding hydrogens is 444 g/mol. The average molecular weight is 484 g/mol. The second-order valence-electron chi connectivity index (χ2n) is 9.70. The number of amides is 1. The Labute approximate surface area is 207 Å². The monoisotopic (exact) mass is 483 g/mol. The summed E-state index contributed by atoms with van der Waals surface area (Å²) >= 11 is 0. The number of piperidine rings is 1. The number of ketones is 1. The van der Waals surface area contributed by atoms with Crippen LogP contribution in [0, 0.1) is 5.92 Å². The minimum atomic E-state index is -0.144. The maximum Gasteiger partial charge on any atom is 0.275 e. The van der Waals surface area contributed by atoms with Crippen molar-refractivity contribution in [3.63, 3.8) is 0 Å². The van der Waals surface area contributed by atoms with Gasteiger partial charge in [0.15, 0.2) is 17.2 Å². The van der Waals surface area contributed by atoms with Gasteiger partial charge in [0.1, 0.15) is 31.2 Å². The van der Waals surface area contributed by atoms with E-state index in [1.165, 1.54) is 0 Å². The predicted molar refractivity (Wildman–Crippen MR) is 133 cm³/mol. The standard InChI is InChI=1S/C27H38N4O4/c1-3-20(32)8-5-4-6-10-22(30-27(33)19-12-14-31(2)15-13-19)26-28-18-23(29-26)21-9-7-11-24-25(21)35-17-16-34-24/h7,9,11,18-19,22H,3-6,8,10,12-17H2,1-2H3,(H,28,29)(H,30,33)/p+1/t22-/m0/s1. The van der Waals surface area contributed by atoms with Gasteiger partial charge in [-0.3, -0.25) is 9.59 Å². The van der Waals surface area contributed by atoms with E-state index in [0.29, 0.717) is 31.8 Å². The first kappa shape index (κ1) is 25.2. The van der Waals surface area contributed by atoms with Gasteiger partial charge in [0.2, 0.25) is 5.91 Å². The molecule has 8 heteroatoms. The summed E-state index contributed by atoms with van der Waals surface area (Å²) in [5.41, 5.74) is 1.83. The topological polar surface area (TPSA) is 97.8 Å². The van der Waals surface area contributed by atoms with Crippen LogP contribution in [0.15, 0.2) is 24.4 Å². The molecule has 190 valence electrons. The lowest BCUT2D eigenvalue weighted by molar-refractivity contribution is -0.391. The molecule has 0 aliphatic carbocycles. The van der Waals surface area contributed by atoms with E-state index in [1.807, 2.05) is 31.3 Å². The van der Waals surface area contributed by atoms with Crippen molar-refractivity contribution in [2.24, 2.45) is 5.92 Å². The van der Waals surface area contributed by atoms with Crippen molar-refractivity contribution in [2.45, 2.75) is 64.3 Å². The highest BCUT2D eigenvalue weighted by Crippen LogP contribution is 2.39. The van der Waals surface area contributed by atoms with Crippen LogP contribution in [-0.2, 0) is 9.59 Å². The normalized spacial score (nSPS) is 17.2. The maximum absolute atomic E-state index is 13.1. The van der Waals surface area contributed by atoms with Crippen molar-refractivity contribution in [1.29, 1.82) is 0 Å². The fourth-order valence-corrected chi connectivity index (χ4v) is 4.86. The van der Waals surface area contributed by atoms with Crippen molar-refractivity contribution in [2.75, 3.05) is 33.4 Å². The summed E-state index contributed by atoms with van der Waals surface area (Å²) in [6.45, 7) is 4.89. The Morgan fingerprint density at radius 3 is 2.77 bits per heavy atom. The molecule has 1 amide bonds. The first-order chi connectivity index (χ1) is 17.0. The molecule has 0 spiro atoms. The van der Waals surface area contributed by atoms with Gasteiger partial charge in [0.25, 0.3) is 5.82 Å². The van der Waals surface area contributed by atoms with Gasteiger partial charge in [-0.2, -0.15) is 0 Å². The zero-order valence-corrected chi connectivity index (χ0v) is 21.0. The van der Waals surface area contributed by atoms with E-state index in [-0.39, 0.29) is 17.9 Å². The first-order valence-corrected chi connectivity index (χ1v) is 13.0. The molecule has 3 heterocycles. The molecule has 0 saturated carbocycles. The number of hydrogen-bond donors (Lipinski definition) is 2. The highest BCUT2D eigenvalue weighted by Gasteiger charge is 2.29. The van der Waals surface area contributed by atoms with Gasteiger partial charge >= 0.3 is 0 Å². The number of aromatic nitrogens is 2. The lowest BCUT2D eigenvalue weighted by atomic mass is 9.95. The number of carbonyl (C=O) groups is 2. The minimum absolute atomic E-state index is 0.0528. The van der Waals surface area contributed by atoms with Crippen LogP contribution in [0.4, 0.5) is 0 Å². The summed E-state index contributed by atoms with van der Waals surface area (Å²) in [6.07, 6.45) is 8.57. The highest BCUT2D eigenvalue weighted by atomic mass is 16.6. The molecule has 0 bridgehead atoms. The second-order valence-corrected chi connectivity index (χ2v) is 9.70. The molecule has 1 saturated heterocycles. The van der Waals surface area contributed by atoms with Crippen LogP contribution >= 0.6 is 0 Å². The highest BCUT2D eigenvalue weighted by molar-refractivity contribution is 5.79. The molecule has 8 nitrogen and oxygen atoms in total. The van der Waals surface area contributed by atoms with Crippen LogP contribution in [0.3, 0.4) is 0 Å². The molecule has 35 heavy (non-hydrogen) atoms. The predicted octanol–water partition coefficient (Wildman–Crippen LogP) is 3.70. The van der Waals surface area contributed by atoms with Gasteiger partial charge in [-0.25, -0.2) is 9.97 Å². The Balaban J connectivity index is 1.46. The molecule has 1 fully saturated rings. The number of likely N-dealkylation sites (tertiary alicyclic amines) is 1. The summed E-state index contributed by atoms with van der Waals surface area (Å²) in [7, 11) is 2.10. The molecule has 2 aliphatic rings. The van der Waals surface area contributed by atoms with Crippen molar-refractivity contribution in [1.82, 2.24) is 15.2 Å². The average Bonchev–Trinajstić information content (AvgIpc) is 3.37. The number of fused-ring (bicyclic) bond motifs is 1. The summed E-state index contributed by atoms with van der Waals surface area (Å²) in [4.78, 5) is 33.9. The number of aromatic amines is 2. The quantitative estimate of drug-likeness (QED) is 0.475. The number of ether oxygens (including phenoxy) is 2. The molecule has 3 N–H and O–H groups in total. The van der Waals surface area contributed by atoms with Crippen molar-refractivity contribution < 1.29 is 24.0 Å². The molecular formula is C27H39N4O4+. The second kappa shape index (κ2) is 12.2. The fraction of sp³-hybridized carbons (Fsp3) is 0.593. The number of imidazole rings is 1. The van der Waals surface area contributed by atoms with Crippen LogP contribution in [0.25, 0.3) is 11.3 Å². The van der Waals surface area contributed by atoms with Gasteiger partial charge in [0, 0.05) is 18.8 Å². The fourth-order valence-electron chi connectivity index (χ4n) is 4.86. The van der Waals surface area contributed by atoms with Gasteiger partial charge in [-0.15, -0.1) is 0 Å². The van der Waals surface area contributed by atoms with E-state index in [4.69, 9.17) is 9.47 Å². The largest absolute Gasteiger partial charge is 0.486 e. The lowest BCUT2D eigenvalue weighted by Crippen LogP contribution is -2.41. The minimum Gasteiger partial charge on any atom is -0.486 e. The third kappa shape index (κ3) is 6.63. The van der Waals surface area contributed by atoms with Crippen molar-refractivity contribution >= 4 is 11.7 Å². The Bertz CT molecular complexity index is 997.